The lowest BCUT2D eigenvalue weighted by atomic mass is 10.2. The molecule has 1 N–H and O–H groups in total. The van der Waals surface area contributed by atoms with Crippen molar-refractivity contribution in [2.45, 2.75) is 6.92 Å². The summed E-state index contributed by atoms with van der Waals surface area (Å²) in [7, 11) is 1.83. The van der Waals surface area contributed by atoms with Crippen molar-refractivity contribution in [2.75, 3.05) is 12.4 Å². The summed E-state index contributed by atoms with van der Waals surface area (Å²) in [5, 5.41) is 2.96. The second-order valence-corrected chi connectivity index (χ2v) is 2.18. The van der Waals surface area contributed by atoms with E-state index < -0.39 is 0 Å². The van der Waals surface area contributed by atoms with E-state index >= 15 is 0 Å². The monoisotopic (exact) mass is 149 g/mol. The lowest BCUT2D eigenvalue weighted by Gasteiger charge is -2.04. The van der Waals surface area contributed by atoms with Gasteiger partial charge in [0.1, 0.15) is 12.1 Å². The molecule has 0 amide bonds. The summed E-state index contributed by atoms with van der Waals surface area (Å²) in [6.07, 6.45) is 3.29. The molecule has 11 heavy (non-hydrogen) atoms. The van der Waals surface area contributed by atoms with Crippen molar-refractivity contribution in [3.63, 3.8) is 0 Å². The van der Waals surface area contributed by atoms with Crippen LogP contribution in [0.4, 0.5) is 5.82 Å². The summed E-state index contributed by atoms with van der Waals surface area (Å²) in [6, 6.07) is 0. The van der Waals surface area contributed by atoms with Gasteiger partial charge >= 0.3 is 0 Å². The highest BCUT2D eigenvalue weighted by atomic mass is 15.0. The Hall–Kier alpha value is -1.38. The molecule has 1 aromatic heterocycles. The Labute approximate surface area is 66.2 Å². The minimum atomic E-state index is 0.826. The molecule has 0 aliphatic heterocycles. The van der Waals surface area contributed by atoms with Crippen molar-refractivity contribution in [1.82, 2.24) is 9.97 Å². The van der Waals surface area contributed by atoms with Gasteiger partial charge in [0.05, 0.1) is 5.69 Å². The molecule has 0 saturated heterocycles. The average molecular weight is 149 g/mol. The highest BCUT2D eigenvalue weighted by Gasteiger charge is 2.00. The second kappa shape index (κ2) is 3.14. The number of nitrogens with one attached hydrogen (secondary N) is 1. The molecule has 3 nitrogen and oxygen atoms in total. The minimum Gasteiger partial charge on any atom is -0.373 e. The predicted molar refractivity (Wildman–Crippen MR) is 46.4 cm³/mol. The maximum absolute atomic E-state index is 4.04. The first-order valence-corrected chi connectivity index (χ1v) is 3.41. The average Bonchev–Trinajstić information content (AvgIpc) is 2.04. The predicted octanol–water partition coefficient (Wildman–Crippen LogP) is 1.47. The number of hydrogen-bond donors (Lipinski definition) is 1. The van der Waals surface area contributed by atoms with Crippen molar-refractivity contribution in [2.24, 2.45) is 0 Å². The fourth-order valence-corrected chi connectivity index (χ4v) is 0.927. The summed E-state index contributed by atoms with van der Waals surface area (Å²) < 4.78 is 0. The summed E-state index contributed by atoms with van der Waals surface area (Å²) in [5.41, 5.74) is 1.91. The Bertz CT molecular complexity index is 268. The van der Waals surface area contributed by atoms with Gasteiger partial charge < -0.3 is 5.32 Å². The first-order chi connectivity index (χ1) is 5.29. The Morgan fingerprint density at radius 2 is 2.27 bits per heavy atom. The molecule has 0 radical (unpaired) electrons. The number of hydrogen-bond acceptors (Lipinski definition) is 3. The largest absolute Gasteiger partial charge is 0.373 e. The number of nitrogens with zero attached hydrogens (tertiary/aromatic N) is 2. The molecule has 0 saturated carbocycles. The van der Waals surface area contributed by atoms with E-state index in [1.165, 1.54) is 6.33 Å². The topological polar surface area (TPSA) is 37.8 Å². The van der Waals surface area contributed by atoms with Crippen LogP contribution in [-0.2, 0) is 0 Å². The molecule has 0 aliphatic carbocycles. The lowest BCUT2D eigenvalue weighted by Crippen LogP contribution is -1.98. The van der Waals surface area contributed by atoms with Gasteiger partial charge in [-0.05, 0) is 6.92 Å². The standard InChI is InChI=1S/C8H11N3/c1-4-7-6(2)10-5-11-8(7)9-3/h4-5H,1H2,2-3H3,(H,9,10,11). The van der Waals surface area contributed by atoms with Crippen LogP contribution in [0.3, 0.4) is 0 Å². The van der Waals surface area contributed by atoms with Gasteiger partial charge in [0.2, 0.25) is 0 Å². The van der Waals surface area contributed by atoms with E-state index in [4.69, 9.17) is 0 Å². The molecule has 0 fully saturated rings. The maximum atomic E-state index is 4.04. The normalized spacial score (nSPS) is 9.27. The summed E-state index contributed by atoms with van der Waals surface area (Å²) in [6.45, 7) is 5.61. The molecule has 0 aromatic carbocycles. The van der Waals surface area contributed by atoms with E-state index in [1.807, 2.05) is 14.0 Å². The fourth-order valence-electron chi connectivity index (χ4n) is 0.927. The van der Waals surface area contributed by atoms with Gasteiger partial charge in [-0.15, -0.1) is 0 Å². The molecule has 58 valence electrons. The summed E-state index contributed by atoms with van der Waals surface area (Å²) in [4.78, 5) is 8.07. The number of aromatic nitrogens is 2. The number of rotatable bonds is 2. The van der Waals surface area contributed by atoms with Crippen molar-refractivity contribution >= 4 is 11.9 Å². The van der Waals surface area contributed by atoms with Crippen molar-refractivity contribution in [1.29, 1.82) is 0 Å². The molecule has 1 rings (SSSR count). The third kappa shape index (κ3) is 1.37. The highest BCUT2D eigenvalue weighted by molar-refractivity contribution is 5.62. The quantitative estimate of drug-likeness (QED) is 0.692. The third-order valence-corrected chi connectivity index (χ3v) is 1.52. The molecule has 0 atom stereocenters. The second-order valence-electron chi connectivity index (χ2n) is 2.18. The Kier molecular flexibility index (Phi) is 2.21. The van der Waals surface area contributed by atoms with E-state index in [0.29, 0.717) is 0 Å². The van der Waals surface area contributed by atoms with Gasteiger partial charge in [0.15, 0.2) is 0 Å². The van der Waals surface area contributed by atoms with Crippen molar-refractivity contribution in [3.8, 4) is 0 Å². The van der Waals surface area contributed by atoms with Crippen LogP contribution in [0.15, 0.2) is 12.9 Å². The van der Waals surface area contributed by atoms with Gasteiger partial charge in [-0.25, -0.2) is 9.97 Å². The Morgan fingerprint density at radius 1 is 1.55 bits per heavy atom. The highest BCUT2D eigenvalue weighted by Crippen LogP contribution is 2.14. The molecule has 0 spiro atoms. The van der Waals surface area contributed by atoms with Crippen LogP contribution in [0.1, 0.15) is 11.3 Å². The molecular formula is C8H11N3. The zero-order valence-corrected chi connectivity index (χ0v) is 6.76. The molecule has 0 unspecified atom stereocenters. The van der Waals surface area contributed by atoms with Crippen molar-refractivity contribution < 1.29 is 0 Å². The Morgan fingerprint density at radius 3 is 2.73 bits per heavy atom. The Balaban J connectivity index is 3.24. The first kappa shape index (κ1) is 7.72. The maximum Gasteiger partial charge on any atom is 0.136 e. The SMILES string of the molecule is C=Cc1c(C)ncnc1NC. The molecule has 1 aromatic rings. The molecule has 1 heterocycles. The zero-order chi connectivity index (χ0) is 8.27. The van der Waals surface area contributed by atoms with Gasteiger partial charge in [-0.3, -0.25) is 0 Å². The van der Waals surface area contributed by atoms with Crippen LogP contribution < -0.4 is 5.32 Å². The van der Waals surface area contributed by atoms with Crippen LogP contribution in [0, 0.1) is 6.92 Å². The van der Waals surface area contributed by atoms with E-state index in [-0.39, 0.29) is 0 Å². The van der Waals surface area contributed by atoms with Gasteiger partial charge in [-0.1, -0.05) is 12.7 Å². The van der Waals surface area contributed by atoms with Gasteiger partial charge in [0.25, 0.3) is 0 Å². The fraction of sp³-hybridized carbons (Fsp3) is 0.250. The van der Waals surface area contributed by atoms with Gasteiger partial charge in [-0.2, -0.15) is 0 Å². The molecule has 0 bridgehead atoms. The van der Waals surface area contributed by atoms with E-state index in [2.05, 4.69) is 21.9 Å². The van der Waals surface area contributed by atoms with Crippen LogP contribution in [0.5, 0.6) is 0 Å². The van der Waals surface area contributed by atoms with Crippen LogP contribution in [-0.4, -0.2) is 17.0 Å². The smallest absolute Gasteiger partial charge is 0.136 e. The molecule has 3 heteroatoms. The zero-order valence-electron chi connectivity index (χ0n) is 6.76. The lowest BCUT2D eigenvalue weighted by molar-refractivity contribution is 1.09. The summed E-state index contributed by atoms with van der Waals surface area (Å²) >= 11 is 0. The van der Waals surface area contributed by atoms with E-state index in [0.717, 1.165) is 17.1 Å². The number of anilines is 1. The molecule has 0 aliphatic rings. The van der Waals surface area contributed by atoms with E-state index in [1.54, 1.807) is 6.08 Å². The van der Waals surface area contributed by atoms with Crippen LogP contribution in [0.25, 0.3) is 6.08 Å². The third-order valence-electron chi connectivity index (χ3n) is 1.52. The minimum absolute atomic E-state index is 0.826. The van der Waals surface area contributed by atoms with Gasteiger partial charge in [0, 0.05) is 12.6 Å². The van der Waals surface area contributed by atoms with Crippen molar-refractivity contribution in [3.05, 3.63) is 24.2 Å². The first-order valence-electron chi connectivity index (χ1n) is 3.41. The number of aryl methyl sites for hydroxylation is 1. The molecular weight excluding hydrogens is 138 g/mol. The van der Waals surface area contributed by atoms with E-state index in [9.17, 15) is 0 Å². The summed E-state index contributed by atoms with van der Waals surface area (Å²) in [5.74, 6) is 0.826. The van der Waals surface area contributed by atoms with Crippen LogP contribution in [0.2, 0.25) is 0 Å². The van der Waals surface area contributed by atoms with Crippen LogP contribution >= 0.6 is 0 Å².